The van der Waals surface area contributed by atoms with Gasteiger partial charge >= 0.3 is 5.69 Å². The third-order valence-corrected chi connectivity index (χ3v) is 8.22. The lowest BCUT2D eigenvalue weighted by molar-refractivity contribution is -0.126. The molecule has 4 aromatic rings. The Bertz CT molecular complexity index is 1820. The van der Waals surface area contributed by atoms with Gasteiger partial charge in [-0.25, -0.2) is 9.18 Å². The Morgan fingerprint density at radius 3 is 2.79 bits per heavy atom. The average Bonchev–Trinajstić information content (AvgIpc) is 3.12. The highest BCUT2D eigenvalue weighted by Gasteiger charge is 2.37. The molecule has 2 aliphatic heterocycles. The predicted molar refractivity (Wildman–Crippen MR) is 159 cm³/mol. The number of ether oxygens (including phenoxy) is 1. The van der Waals surface area contributed by atoms with Crippen LogP contribution >= 0.6 is 11.6 Å². The molecule has 2 aromatic heterocycles. The lowest BCUT2D eigenvalue weighted by Crippen LogP contribution is -2.56. The number of phenolic OH excluding ortho intramolecular Hbond substituents is 1. The number of fused-ring (bicyclic) bond motifs is 2. The molecule has 11 heteroatoms. The first kappa shape index (κ1) is 27.7. The summed E-state index contributed by atoms with van der Waals surface area (Å²) in [6.45, 7) is 10.5. The first-order valence-corrected chi connectivity index (χ1v) is 14.0. The number of halogens is 2. The maximum absolute atomic E-state index is 16.6. The zero-order chi connectivity index (χ0) is 29.9. The fourth-order valence-electron chi connectivity index (χ4n) is 5.90. The first-order chi connectivity index (χ1) is 20.1. The number of piperazine rings is 1. The smallest absolute Gasteiger partial charge is 0.354 e. The summed E-state index contributed by atoms with van der Waals surface area (Å²) in [4.78, 5) is 39.1. The number of anilines is 1. The number of aryl methyl sites for hydroxylation is 1. The number of carbonyl (C=O) groups is 1. The van der Waals surface area contributed by atoms with E-state index in [0.717, 1.165) is 5.56 Å². The molecule has 6 rings (SSSR count). The van der Waals surface area contributed by atoms with E-state index < -0.39 is 17.5 Å². The minimum absolute atomic E-state index is 0.0260. The van der Waals surface area contributed by atoms with Gasteiger partial charge in [0.15, 0.2) is 11.6 Å². The number of phenols is 1. The molecule has 4 heterocycles. The molecule has 1 saturated heterocycles. The van der Waals surface area contributed by atoms with E-state index in [-0.39, 0.29) is 58.4 Å². The summed E-state index contributed by atoms with van der Waals surface area (Å²) < 4.78 is 24.2. The molecule has 216 valence electrons. The van der Waals surface area contributed by atoms with Crippen LogP contribution in [0.15, 0.2) is 54.0 Å². The van der Waals surface area contributed by atoms with Crippen LogP contribution in [-0.4, -0.2) is 62.7 Å². The normalized spacial score (nSPS) is 16.3. The van der Waals surface area contributed by atoms with Gasteiger partial charge in [0.05, 0.1) is 33.3 Å². The van der Waals surface area contributed by atoms with Gasteiger partial charge in [-0.05, 0) is 48.7 Å². The highest BCUT2D eigenvalue weighted by Crippen LogP contribution is 2.46. The van der Waals surface area contributed by atoms with Crippen LogP contribution in [0.4, 0.5) is 10.2 Å². The molecule has 42 heavy (non-hydrogen) atoms. The van der Waals surface area contributed by atoms with Crippen LogP contribution in [0, 0.1) is 12.7 Å². The Balaban J connectivity index is 1.71. The SMILES string of the molecule is C=CC(=O)N1CCN2c3nc(=O)n(-c4c(C)ccnc4C(C)C)c4cc(-c5c(O)cccc5Cl)c(F)c(c34)OC[C@H]2C1. The Morgan fingerprint density at radius 1 is 1.29 bits per heavy atom. The summed E-state index contributed by atoms with van der Waals surface area (Å²) in [7, 11) is 0. The highest BCUT2D eigenvalue weighted by atomic mass is 35.5. The Hall–Kier alpha value is -4.44. The summed E-state index contributed by atoms with van der Waals surface area (Å²) in [5.74, 6) is -1.06. The van der Waals surface area contributed by atoms with Crippen LogP contribution in [0.1, 0.15) is 31.0 Å². The van der Waals surface area contributed by atoms with Gasteiger partial charge in [0.1, 0.15) is 18.2 Å². The summed E-state index contributed by atoms with van der Waals surface area (Å²) in [6.07, 6.45) is 2.94. The molecule has 1 N–H and O–H groups in total. The number of pyridine rings is 1. The molecule has 1 fully saturated rings. The van der Waals surface area contributed by atoms with Gasteiger partial charge in [0.25, 0.3) is 0 Å². The van der Waals surface area contributed by atoms with E-state index in [1.807, 2.05) is 25.7 Å². The van der Waals surface area contributed by atoms with Crippen molar-refractivity contribution in [2.75, 3.05) is 31.1 Å². The van der Waals surface area contributed by atoms with Crippen molar-refractivity contribution in [3.8, 4) is 28.3 Å². The first-order valence-electron chi connectivity index (χ1n) is 13.7. The van der Waals surface area contributed by atoms with E-state index in [2.05, 4.69) is 16.5 Å². The van der Waals surface area contributed by atoms with Gasteiger partial charge in [0.2, 0.25) is 5.91 Å². The van der Waals surface area contributed by atoms with E-state index in [1.165, 1.54) is 22.8 Å². The molecule has 0 saturated carbocycles. The van der Waals surface area contributed by atoms with Crippen molar-refractivity contribution >= 4 is 34.2 Å². The molecule has 0 aliphatic carbocycles. The van der Waals surface area contributed by atoms with Crippen molar-refractivity contribution < 1.29 is 19.0 Å². The second-order valence-electron chi connectivity index (χ2n) is 10.8. The number of amides is 1. The molecule has 0 bridgehead atoms. The van der Waals surface area contributed by atoms with Gasteiger partial charge in [-0.3, -0.25) is 14.3 Å². The fraction of sp³-hybridized carbons (Fsp3) is 0.290. The third kappa shape index (κ3) is 4.28. The lowest BCUT2D eigenvalue weighted by atomic mass is 9.99. The van der Waals surface area contributed by atoms with E-state index >= 15 is 4.39 Å². The molecule has 0 spiro atoms. The number of hydrogen-bond donors (Lipinski definition) is 1. The minimum Gasteiger partial charge on any atom is -0.507 e. The number of nitrogens with zero attached hydrogens (tertiary/aromatic N) is 5. The zero-order valence-electron chi connectivity index (χ0n) is 23.4. The molecule has 0 unspecified atom stereocenters. The molecule has 2 aromatic carbocycles. The third-order valence-electron chi connectivity index (χ3n) is 7.90. The molecular weight excluding hydrogens is 561 g/mol. The van der Waals surface area contributed by atoms with Crippen LogP contribution in [0.5, 0.6) is 11.5 Å². The van der Waals surface area contributed by atoms with Crippen LogP contribution < -0.4 is 15.3 Å². The molecule has 2 aliphatic rings. The standard InChI is InChI=1S/C31H29ClFN5O4/c1-5-23(40)36-11-12-37-18(14-36)15-42-29-25-21(13-19(26(29)33)24-20(32)7-6-8-22(24)39)38(31(41)35-30(25)37)28-17(4)9-10-34-27(28)16(2)3/h5-10,13,16,18,39H,1,11-12,14-15H2,2-4H3/t18-/m1/s1. The Kier molecular flexibility index (Phi) is 6.89. The molecule has 0 radical (unpaired) electrons. The molecule has 1 atom stereocenters. The highest BCUT2D eigenvalue weighted by molar-refractivity contribution is 6.33. The van der Waals surface area contributed by atoms with Crippen LogP contribution in [-0.2, 0) is 4.79 Å². The van der Waals surface area contributed by atoms with Crippen molar-refractivity contribution in [1.29, 1.82) is 0 Å². The van der Waals surface area contributed by atoms with Crippen LogP contribution in [0.2, 0.25) is 5.02 Å². The van der Waals surface area contributed by atoms with E-state index in [9.17, 15) is 14.7 Å². The zero-order valence-corrected chi connectivity index (χ0v) is 24.2. The van der Waals surface area contributed by atoms with Gasteiger partial charge in [-0.1, -0.05) is 38.1 Å². The van der Waals surface area contributed by atoms with Crippen molar-refractivity contribution in [3.05, 3.63) is 81.8 Å². The monoisotopic (exact) mass is 589 g/mol. The van der Waals surface area contributed by atoms with Crippen molar-refractivity contribution in [1.82, 2.24) is 19.4 Å². The lowest BCUT2D eigenvalue weighted by Gasteiger charge is -2.40. The maximum Gasteiger partial charge on any atom is 0.354 e. The Morgan fingerprint density at radius 2 is 2.07 bits per heavy atom. The van der Waals surface area contributed by atoms with Gasteiger partial charge in [-0.2, -0.15) is 4.98 Å². The topological polar surface area (TPSA) is 101 Å². The van der Waals surface area contributed by atoms with E-state index in [0.29, 0.717) is 35.4 Å². The molecular formula is C31H29ClFN5O4. The predicted octanol–water partition coefficient (Wildman–Crippen LogP) is 4.97. The number of rotatable bonds is 4. The number of benzene rings is 2. The second kappa shape index (κ2) is 10.4. The van der Waals surface area contributed by atoms with Gasteiger partial charge in [-0.15, -0.1) is 0 Å². The van der Waals surface area contributed by atoms with Crippen molar-refractivity contribution in [3.63, 3.8) is 0 Å². The largest absolute Gasteiger partial charge is 0.507 e. The number of hydrogen-bond acceptors (Lipinski definition) is 7. The number of carbonyl (C=O) groups excluding carboxylic acids is 1. The average molecular weight is 590 g/mol. The minimum atomic E-state index is -0.745. The van der Waals surface area contributed by atoms with Gasteiger partial charge < -0.3 is 19.6 Å². The summed E-state index contributed by atoms with van der Waals surface area (Å²) in [6, 6.07) is 7.45. The fourth-order valence-corrected chi connectivity index (χ4v) is 6.18. The quantitative estimate of drug-likeness (QED) is 0.335. The van der Waals surface area contributed by atoms with Crippen molar-refractivity contribution in [2.45, 2.75) is 32.7 Å². The molecule has 9 nitrogen and oxygen atoms in total. The number of aromatic nitrogens is 3. The van der Waals surface area contributed by atoms with Crippen molar-refractivity contribution in [2.24, 2.45) is 0 Å². The second-order valence-corrected chi connectivity index (χ2v) is 11.2. The summed E-state index contributed by atoms with van der Waals surface area (Å²) in [5.41, 5.74) is 1.81. The van der Waals surface area contributed by atoms with E-state index in [4.69, 9.17) is 16.3 Å². The Labute approximate surface area is 246 Å². The van der Waals surface area contributed by atoms with E-state index in [1.54, 1.807) is 29.3 Å². The summed E-state index contributed by atoms with van der Waals surface area (Å²) in [5, 5.41) is 11.2. The van der Waals surface area contributed by atoms with Crippen LogP contribution in [0.25, 0.3) is 27.7 Å². The van der Waals surface area contributed by atoms with Crippen LogP contribution in [0.3, 0.4) is 0 Å². The summed E-state index contributed by atoms with van der Waals surface area (Å²) >= 11 is 6.49. The molecule has 1 amide bonds. The number of aromatic hydroxyl groups is 1. The van der Waals surface area contributed by atoms with Gasteiger partial charge in [0, 0.05) is 37.0 Å². The maximum atomic E-state index is 16.6.